The van der Waals surface area contributed by atoms with Crippen LogP contribution < -0.4 is 10.6 Å². The zero-order valence-electron chi connectivity index (χ0n) is 17.0. The molecule has 8 heteroatoms. The maximum Gasteiger partial charge on any atom is 0.191 e. The lowest BCUT2D eigenvalue weighted by molar-refractivity contribution is 0.182. The summed E-state index contributed by atoms with van der Waals surface area (Å²) in [6, 6.07) is 5.63. The molecule has 1 aromatic heterocycles. The summed E-state index contributed by atoms with van der Waals surface area (Å²) in [5.41, 5.74) is 4.46. The average Bonchev–Trinajstić information content (AvgIpc) is 2.94. The number of aryl methyl sites for hydroxylation is 2. The van der Waals surface area contributed by atoms with Crippen LogP contribution in [0.4, 0.5) is 0 Å². The van der Waals surface area contributed by atoms with Gasteiger partial charge in [-0.25, -0.2) is 0 Å². The number of halogens is 2. The van der Waals surface area contributed by atoms with Crippen molar-refractivity contribution in [2.45, 2.75) is 39.8 Å². The van der Waals surface area contributed by atoms with Crippen molar-refractivity contribution < 1.29 is 4.74 Å². The van der Waals surface area contributed by atoms with Gasteiger partial charge in [-0.3, -0.25) is 9.67 Å². The third kappa shape index (κ3) is 6.40. The van der Waals surface area contributed by atoms with Crippen LogP contribution in [0.5, 0.6) is 0 Å². The predicted octanol–water partition coefficient (Wildman–Crippen LogP) is 3.75. The van der Waals surface area contributed by atoms with Gasteiger partial charge in [-0.15, -0.1) is 0 Å². The number of ether oxygens (including phenoxy) is 1. The second-order valence-corrected chi connectivity index (χ2v) is 7.40. The van der Waals surface area contributed by atoms with Crippen LogP contribution >= 0.6 is 23.2 Å². The van der Waals surface area contributed by atoms with E-state index in [-0.39, 0.29) is 0 Å². The fraction of sp³-hybridized carbons (Fsp3) is 0.500. The van der Waals surface area contributed by atoms with Crippen molar-refractivity contribution in [3.05, 3.63) is 50.8 Å². The predicted molar refractivity (Wildman–Crippen MR) is 117 cm³/mol. The molecule has 2 rings (SSSR count). The van der Waals surface area contributed by atoms with Crippen molar-refractivity contribution in [1.82, 2.24) is 20.4 Å². The molecule has 0 saturated carbocycles. The minimum Gasteiger partial charge on any atom is -0.383 e. The van der Waals surface area contributed by atoms with Gasteiger partial charge >= 0.3 is 0 Å². The molecule has 0 bridgehead atoms. The molecule has 0 saturated heterocycles. The third-order valence-electron chi connectivity index (χ3n) is 4.63. The van der Waals surface area contributed by atoms with Crippen molar-refractivity contribution in [1.29, 1.82) is 0 Å². The number of benzene rings is 1. The number of aliphatic imine (C=N–C) groups is 1. The minimum atomic E-state index is 0.649. The van der Waals surface area contributed by atoms with Crippen LogP contribution in [0.25, 0.3) is 0 Å². The highest BCUT2D eigenvalue weighted by Gasteiger charge is 2.11. The molecule has 0 unspecified atom stereocenters. The fourth-order valence-electron chi connectivity index (χ4n) is 2.99. The van der Waals surface area contributed by atoms with Crippen molar-refractivity contribution >= 4 is 29.2 Å². The number of nitrogens with one attached hydrogen (secondary N) is 2. The Morgan fingerprint density at radius 1 is 1.25 bits per heavy atom. The zero-order chi connectivity index (χ0) is 20.5. The largest absolute Gasteiger partial charge is 0.383 e. The van der Waals surface area contributed by atoms with E-state index in [1.54, 1.807) is 20.2 Å². The Morgan fingerprint density at radius 3 is 2.71 bits per heavy atom. The van der Waals surface area contributed by atoms with Crippen molar-refractivity contribution in [3.63, 3.8) is 0 Å². The molecule has 154 valence electrons. The number of rotatable bonds is 9. The van der Waals surface area contributed by atoms with E-state index in [1.165, 1.54) is 5.56 Å². The Kier molecular flexibility index (Phi) is 9.09. The van der Waals surface area contributed by atoms with Crippen LogP contribution in [-0.4, -0.2) is 43.0 Å². The van der Waals surface area contributed by atoms with E-state index in [9.17, 15) is 0 Å². The molecular formula is C20H29Cl2N5O. The van der Waals surface area contributed by atoms with Crippen LogP contribution in [0, 0.1) is 13.8 Å². The Balaban J connectivity index is 1.81. The highest BCUT2D eigenvalue weighted by molar-refractivity contribution is 6.35. The second-order valence-electron chi connectivity index (χ2n) is 6.56. The van der Waals surface area contributed by atoms with Gasteiger partial charge in [-0.05, 0) is 44.4 Å². The SMILES string of the molecule is CN=C(NCCCc1ccc(Cl)cc1Cl)NCc1c(C)nn(CCOC)c1C. The maximum absolute atomic E-state index is 6.22. The van der Waals surface area contributed by atoms with Crippen molar-refractivity contribution in [3.8, 4) is 0 Å². The van der Waals surface area contributed by atoms with Gasteiger partial charge in [0.25, 0.3) is 0 Å². The highest BCUT2D eigenvalue weighted by Crippen LogP contribution is 2.21. The first-order valence-corrected chi connectivity index (χ1v) is 10.1. The number of aromatic nitrogens is 2. The highest BCUT2D eigenvalue weighted by atomic mass is 35.5. The Bertz CT molecular complexity index is 804. The van der Waals surface area contributed by atoms with E-state index in [1.807, 2.05) is 23.7 Å². The van der Waals surface area contributed by atoms with E-state index >= 15 is 0 Å². The molecule has 0 radical (unpaired) electrons. The van der Waals surface area contributed by atoms with Gasteiger partial charge in [0.2, 0.25) is 0 Å². The van der Waals surface area contributed by atoms with Crippen LogP contribution in [0.3, 0.4) is 0 Å². The average molecular weight is 426 g/mol. The van der Waals surface area contributed by atoms with Crippen LogP contribution in [0.1, 0.15) is 28.9 Å². The van der Waals surface area contributed by atoms with Gasteiger partial charge in [0.1, 0.15) is 0 Å². The lowest BCUT2D eigenvalue weighted by Gasteiger charge is -2.12. The fourth-order valence-corrected chi connectivity index (χ4v) is 3.49. The summed E-state index contributed by atoms with van der Waals surface area (Å²) >= 11 is 12.2. The number of nitrogens with zero attached hydrogens (tertiary/aromatic N) is 3. The molecule has 2 N–H and O–H groups in total. The summed E-state index contributed by atoms with van der Waals surface area (Å²) in [5.74, 6) is 0.769. The number of methoxy groups -OCH3 is 1. The molecule has 0 amide bonds. The molecule has 28 heavy (non-hydrogen) atoms. The number of hydrogen-bond acceptors (Lipinski definition) is 3. The third-order valence-corrected chi connectivity index (χ3v) is 5.21. The van der Waals surface area contributed by atoms with E-state index in [0.29, 0.717) is 23.2 Å². The molecule has 2 aromatic rings. The van der Waals surface area contributed by atoms with E-state index < -0.39 is 0 Å². The number of guanidine groups is 1. The molecule has 0 fully saturated rings. The molecule has 1 heterocycles. The molecule has 6 nitrogen and oxygen atoms in total. The summed E-state index contributed by atoms with van der Waals surface area (Å²) in [7, 11) is 3.47. The summed E-state index contributed by atoms with van der Waals surface area (Å²) in [4.78, 5) is 4.30. The minimum absolute atomic E-state index is 0.649. The maximum atomic E-state index is 6.22. The van der Waals surface area contributed by atoms with Gasteiger partial charge in [-0.1, -0.05) is 29.3 Å². The van der Waals surface area contributed by atoms with E-state index in [0.717, 1.165) is 48.8 Å². The summed E-state index contributed by atoms with van der Waals surface area (Å²) in [6.07, 6.45) is 1.82. The zero-order valence-corrected chi connectivity index (χ0v) is 18.5. The van der Waals surface area contributed by atoms with Crippen LogP contribution in [-0.2, 0) is 24.2 Å². The van der Waals surface area contributed by atoms with Gasteiger partial charge < -0.3 is 15.4 Å². The van der Waals surface area contributed by atoms with Crippen molar-refractivity contribution in [2.75, 3.05) is 27.3 Å². The first kappa shape index (κ1) is 22.5. The molecule has 0 aliphatic carbocycles. The topological polar surface area (TPSA) is 63.5 Å². The van der Waals surface area contributed by atoms with Gasteiger partial charge in [0.15, 0.2) is 5.96 Å². The second kappa shape index (κ2) is 11.3. The Labute approximate surface area is 177 Å². The molecule has 1 aromatic carbocycles. The van der Waals surface area contributed by atoms with E-state index in [4.69, 9.17) is 27.9 Å². The lowest BCUT2D eigenvalue weighted by Crippen LogP contribution is -2.37. The molecule has 0 aliphatic rings. The standard InChI is InChI=1S/C20H29Cl2N5O/c1-14-18(15(2)27(26-14)10-11-28-4)13-25-20(23-3)24-9-5-6-16-7-8-17(21)12-19(16)22/h7-8,12H,5-6,9-11,13H2,1-4H3,(H2,23,24,25). The molecular weight excluding hydrogens is 397 g/mol. The monoisotopic (exact) mass is 425 g/mol. The first-order chi connectivity index (χ1) is 13.5. The van der Waals surface area contributed by atoms with Crippen LogP contribution in [0.2, 0.25) is 10.0 Å². The Hall–Kier alpha value is -1.76. The smallest absolute Gasteiger partial charge is 0.191 e. The van der Waals surface area contributed by atoms with Gasteiger partial charge in [0, 0.05) is 48.5 Å². The molecule has 0 atom stereocenters. The number of hydrogen-bond donors (Lipinski definition) is 2. The quantitative estimate of drug-likeness (QED) is 0.364. The summed E-state index contributed by atoms with van der Waals surface area (Å²) in [5, 5.41) is 12.7. The van der Waals surface area contributed by atoms with Crippen molar-refractivity contribution in [2.24, 2.45) is 4.99 Å². The van der Waals surface area contributed by atoms with Gasteiger partial charge in [-0.2, -0.15) is 5.10 Å². The normalized spacial score (nSPS) is 11.7. The van der Waals surface area contributed by atoms with Crippen LogP contribution in [0.15, 0.2) is 23.2 Å². The lowest BCUT2D eigenvalue weighted by atomic mass is 10.1. The van der Waals surface area contributed by atoms with E-state index in [2.05, 4.69) is 27.6 Å². The summed E-state index contributed by atoms with van der Waals surface area (Å²) in [6.45, 7) is 6.98. The first-order valence-electron chi connectivity index (χ1n) is 9.36. The Morgan fingerprint density at radius 2 is 2.04 bits per heavy atom. The van der Waals surface area contributed by atoms with Gasteiger partial charge in [0.05, 0.1) is 18.8 Å². The molecule has 0 spiro atoms. The summed E-state index contributed by atoms with van der Waals surface area (Å²) < 4.78 is 7.13. The molecule has 0 aliphatic heterocycles.